The first-order chi connectivity index (χ1) is 6.68. The van der Waals surface area contributed by atoms with Gasteiger partial charge in [-0.05, 0) is 25.3 Å². The third kappa shape index (κ3) is 1.79. The van der Waals surface area contributed by atoms with Gasteiger partial charge >= 0.3 is 0 Å². The van der Waals surface area contributed by atoms with Crippen molar-refractivity contribution in [2.24, 2.45) is 13.0 Å². The van der Waals surface area contributed by atoms with E-state index in [1.54, 1.807) is 6.20 Å². The highest BCUT2D eigenvalue weighted by atomic mass is 35.5. The molecule has 1 aromatic heterocycles. The minimum absolute atomic E-state index is 0.374. The van der Waals surface area contributed by atoms with E-state index in [-0.39, 0.29) is 0 Å². The maximum atomic E-state index is 6.10. The molecule has 2 atom stereocenters. The largest absolute Gasteiger partial charge is 0.309 e. The monoisotopic (exact) mass is 213 g/mol. The highest BCUT2D eigenvalue weighted by Crippen LogP contribution is 2.30. The van der Waals surface area contributed by atoms with Gasteiger partial charge in [-0.15, -0.1) is 0 Å². The summed E-state index contributed by atoms with van der Waals surface area (Å²) in [4.78, 5) is 0. The first-order valence-electron chi connectivity index (χ1n) is 5.09. The van der Waals surface area contributed by atoms with E-state index in [1.165, 1.54) is 6.42 Å². The van der Waals surface area contributed by atoms with E-state index >= 15 is 0 Å². The van der Waals surface area contributed by atoms with E-state index in [1.807, 2.05) is 11.7 Å². The Hall–Kier alpha value is -0.540. The quantitative estimate of drug-likeness (QED) is 0.775. The van der Waals surface area contributed by atoms with Crippen molar-refractivity contribution in [1.82, 2.24) is 15.1 Å². The molecule has 1 aliphatic rings. The van der Waals surface area contributed by atoms with Crippen LogP contribution in [0.15, 0.2) is 6.20 Å². The summed E-state index contributed by atoms with van der Waals surface area (Å²) in [5.74, 6) is 0.771. The second kappa shape index (κ2) is 3.91. The summed E-state index contributed by atoms with van der Waals surface area (Å²) in [5.41, 5.74) is 1.12. The van der Waals surface area contributed by atoms with Crippen molar-refractivity contribution in [3.05, 3.63) is 16.9 Å². The third-order valence-corrected chi connectivity index (χ3v) is 3.22. The van der Waals surface area contributed by atoms with E-state index < -0.39 is 0 Å². The van der Waals surface area contributed by atoms with Crippen molar-refractivity contribution < 1.29 is 0 Å². The van der Waals surface area contributed by atoms with Gasteiger partial charge in [-0.3, -0.25) is 4.68 Å². The van der Waals surface area contributed by atoms with E-state index in [2.05, 4.69) is 17.3 Å². The number of hydrogen-bond acceptors (Lipinski definition) is 2. The standard InChI is InChI=1S/C10H16ClN3/c1-7-3-4-12-9(5-7)10-8(11)6-13-14(10)2/h6-7,9,12H,3-5H2,1-2H3. The van der Waals surface area contributed by atoms with Crippen molar-refractivity contribution >= 4 is 11.6 Å². The zero-order valence-electron chi connectivity index (χ0n) is 8.63. The first-order valence-corrected chi connectivity index (χ1v) is 5.47. The first kappa shape index (κ1) is 9.99. The third-order valence-electron chi connectivity index (χ3n) is 2.93. The molecule has 0 bridgehead atoms. The highest BCUT2D eigenvalue weighted by molar-refractivity contribution is 6.31. The molecule has 0 aromatic carbocycles. The summed E-state index contributed by atoms with van der Waals surface area (Å²) in [6, 6.07) is 0.374. The Kier molecular flexibility index (Phi) is 2.79. The van der Waals surface area contributed by atoms with Gasteiger partial charge in [0.25, 0.3) is 0 Å². The van der Waals surface area contributed by atoms with Crippen LogP contribution in [0.2, 0.25) is 5.02 Å². The van der Waals surface area contributed by atoms with Gasteiger partial charge < -0.3 is 5.32 Å². The summed E-state index contributed by atoms with van der Waals surface area (Å²) in [7, 11) is 1.95. The van der Waals surface area contributed by atoms with Crippen LogP contribution in [0.1, 0.15) is 31.5 Å². The maximum Gasteiger partial charge on any atom is 0.0834 e. The Balaban J connectivity index is 2.21. The van der Waals surface area contributed by atoms with Gasteiger partial charge in [0.05, 0.1) is 23.0 Å². The van der Waals surface area contributed by atoms with Gasteiger partial charge in [0, 0.05) is 7.05 Å². The van der Waals surface area contributed by atoms with E-state index in [0.29, 0.717) is 6.04 Å². The Morgan fingerprint density at radius 2 is 2.43 bits per heavy atom. The predicted octanol–water partition coefficient (Wildman–Crippen LogP) is 2.13. The second-order valence-corrected chi connectivity index (χ2v) is 4.54. The molecule has 1 saturated heterocycles. The van der Waals surface area contributed by atoms with Gasteiger partial charge in [-0.2, -0.15) is 5.10 Å². The molecule has 0 radical (unpaired) electrons. The molecule has 2 rings (SSSR count). The van der Waals surface area contributed by atoms with E-state index in [4.69, 9.17) is 11.6 Å². The van der Waals surface area contributed by atoms with Gasteiger partial charge in [-0.1, -0.05) is 18.5 Å². The molecule has 0 spiro atoms. The lowest BCUT2D eigenvalue weighted by Gasteiger charge is -2.28. The summed E-state index contributed by atoms with van der Waals surface area (Å²) in [6.45, 7) is 3.37. The molecule has 78 valence electrons. The molecule has 1 N–H and O–H groups in total. The fraction of sp³-hybridized carbons (Fsp3) is 0.700. The van der Waals surface area contributed by atoms with Crippen LogP contribution in [0.3, 0.4) is 0 Å². The van der Waals surface area contributed by atoms with Crippen molar-refractivity contribution in [3.8, 4) is 0 Å². The van der Waals surface area contributed by atoms with Gasteiger partial charge in [0.15, 0.2) is 0 Å². The number of nitrogens with zero attached hydrogens (tertiary/aromatic N) is 2. The average molecular weight is 214 g/mol. The molecular weight excluding hydrogens is 198 g/mol. The SMILES string of the molecule is CC1CCNC(c2c(Cl)cnn2C)C1. The number of nitrogens with one attached hydrogen (secondary N) is 1. The number of aryl methyl sites for hydroxylation is 1. The van der Waals surface area contributed by atoms with Crippen molar-refractivity contribution in [2.45, 2.75) is 25.8 Å². The van der Waals surface area contributed by atoms with Crippen LogP contribution in [0, 0.1) is 5.92 Å². The normalized spacial score (nSPS) is 27.9. The van der Waals surface area contributed by atoms with Crippen LogP contribution in [-0.2, 0) is 7.05 Å². The molecule has 3 nitrogen and oxygen atoms in total. The van der Waals surface area contributed by atoms with E-state index in [9.17, 15) is 0 Å². The molecule has 0 aliphatic carbocycles. The van der Waals surface area contributed by atoms with Gasteiger partial charge in [0.2, 0.25) is 0 Å². The minimum Gasteiger partial charge on any atom is -0.309 e. The Morgan fingerprint density at radius 3 is 3.00 bits per heavy atom. The highest BCUT2D eigenvalue weighted by Gasteiger charge is 2.24. The summed E-state index contributed by atoms with van der Waals surface area (Å²) < 4.78 is 1.87. The van der Waals surface area contributed by atoms with Crippen LogP contribution < -0.4 is 5.32 Å². The molecule has 2 heterocycles. The average Bonchev–Trinajstić information content (AvgIpc) is 2.46. The molecule has 1 aliphatic heterocycles. The van der Waals surface area contributed by atoms with Crippen molar-refractivity contribution in [2.75, 3.05) is 6.54 Å². The number of rotatable bonds is 1. The van der Waals surface area contributed by atoms with E-state index in [0.717, 1.165) is 29.6 Å². The van der Waals surface area contributed by atoms with Crippen LogP contribution in [0.25, 0.3) is 0 Å². The fourth-order valence-electron chi connectivity index (χ4n) is 2.13. The van der Waals surface area contributed by atoms with Gasteiger partial charge in [0.1, 0.15) is 0 Å². The molecular formula is C10H16ClN3. The molecule has 1 fully saturated rings. The molecule has 0 saturated carbocycles. The van der Waals surface area contributed by atoms with Crippen molar-refractivity contribution in [1.29, 1.82) is 0 Å². The lowest BCUT2D eigenvalue weighted by Crippen LogP contribution is -2.32. The van der Waals surface area contributed by atoms with Crippen molar-refractivity contribution in [3.63, 3.8) is 0 Å². The number of aromatic nitrogens is 2. The zero-order chi connectivity index (χ0) is 10.1. The molecule has 2 unspecified atom stereocenters. The molecule has 4 heteroatoms. The van der Waals surface area contributed by atoms with Crippen LogP contribution in [0.4, 0.5) is 0 Å². The fourth-order valence-corrected chi connectivity index (χ4v) is 2.43. The topological polar surface area (TPSA) is 29.9 Å². The van der Waals surface area contributed by atoms with Crippen LogP contribution >= 0.6 is 11.6 Å². The number of halogens is 1. The summed E-state index contributed by atoms with van der Waals surface area (Å²) >= 11 is 6.10. The number of piperidine rings is 1. The number of hydrogen-bond donors (Lipinski definition) is 1. The lowest BCUT2D eigenvalue weighted by atomic mass is 9.92. The Morgan fingerprint density at radius 1 is 1.64 bits per heavy atom. The molecule has 1 aromatic rings. The molecule has 0 amide bonds. The second-order valence-electron chi connectivity index (χ2n) is 4.14. The zero-order valence-corrected chi connectivity index (χ0v) is 9.38. The summed E-state index contributed by atoms with van der Waals surface area (Å²) in [5, 5.41) is 8.43. The lowest BCUT2D eigenvalue weighted by molar-refractivity contribution is 0.315. The molecule has 14 heavy (non-hydrogen) atoms. The Labute approximate surface area is 89.4 Å². The Bertz CT molecular complexity index is 302. The van der Waals surface area contributed by atoms with Crippen LogP contribution in [0.5, 0.6) is 0 Å². The van der Waals surface area contributed by atoms with Crippen LogP contribution in [-0.4, -0.2) is 16.3 Å². The summed E-state index contributed by atoms with van der Waals surface area (Å²) in [6.07, 6.45) is 4.13. The maximum absolute atomic E-state index is 6.10. The smallest absolute Gasteiger partial charge is 0.0834 e. The minimum atomic E-state index is 0.374. The van der Waals surface area contributed by atoms with Gasteiger partial charge in [-0.25, -0.2) is 0 Å². The predicted molar refractivity (Wildman–Crippen MR) is 57.4 cm³/mol.